The third kappa shape index (κ3) is 6.11. The van der Waals surface area contributed by atoms with Gasteiger partial charge in [0.05, 0.1) is 11.2 Å². The van der Waals surface area contributed by atoms with Crippen molar-refractivity contribution >= 4 is 40.7 Å². The molecular formula is C20H23N5O5. The predicted molar refractivity (Wildman–Crippen MR) is 107 cm³/mol. The normalized spacial score (nSPS) is 14.2. The number of nitrogens with zero attached hydrogens (tertiary/aromatic N) is 2. The van der Waals surface area contributed by atoms with E-state index >= 15 is 0 Å². The van der Waals surface area contributed by atoms with Crippen LogP contribution in [0.15, 0.2) is 30.5 Å². The summed E-state index contributed by atoms with van der Waals surface area (Å²) in [6.45, 7) is 1.22. The Hall–Kier alpha value is -3.78. The summed E-state index contributed by atoms with van der Waals surface area (Å²) in [6.07, 6.45) is 1.74. The molecule has 0 aliphatic heterocycles. The van der Waals surface area contributed by atoms with Crippen LogP contribution >= 0.6 is 0 Å². The molecule has 0 unspecified atom stereocenters. The molecule has 0 saturated carbocycles. The average molecular weight is 416 g/mol. The van der Waals surface area contributed by atoms with Crippen molar-refractivity contribution in [1.82, 2.24) is 15.6 Å². The second-order valence-electron chi connectivity index (χ2n) is 6.55. The first kappa shape index (κ1) is 18.3. The van der Waals surface area contributed by atoms with Gasteiger partial charge in [-0.3, -0.25) is 14.4 Å². The summed E-state index contributed by atoms with van der Waals surface area (Å²) in [5, 5.41) is 5.71. The molecule has 0 spiro atoms. The van der Waals surface area contributed by atoms with Crippen LogP contribution in [0.2, 0.25) is 0 Å². The van der Waals surface area contributed by atoms with Crippen LogP contribution in [-0.2, 0) is 30.3 Å². The van der Waals surface area contributed by atoms with Crippen molar-refractivity contribution in [2.45, 2.75) is 38.3 Å². The fourth-order valence-electron chi connectivity index (χ4n) is 2.98. The molecule has 2 rings (SSSR count). The molecule has 1 aromatic heterocycles. The van der Waals surface area contributed by atoms with E-state index in [4.69, 9.17) is 9.64 Å². The van der Waals surface area contributed by atoms with E-state index in [1.54, 1.807) is 6.20 Å². The molecule has 2 aromatic rings. The molecule has 1 aromatic carbocycles. The predicted octanol–water partition coefficient (Wildman–Crippen LogP) is 0.523. The van der Waals surface area contributed by atoms with Gasteiger partial charge in [-0.15, -0.1) is 0 Å². The molecule has 0 radical (unpaired) electrons. The molecule has 2 amide bonds. The number of esters is 1. The number of nitrogens with one attached hydrogen (secondary N) is 3. The maximum absolute atomic E-state index is 13.0. The maximum Gasteiger partial charge on any atom is 0.328 e. The molecule has 3 N–H and O–H groups in total. The Morgan fingerprint density at radius 3 is 2.73 bits per heavy atom. The van der Waals surface area contributed by atoms with Crippen LogP contribution < -0.4 is 10.6 Å². The number of methoxy groups -OCH3 is 1. The van der Waals surface area contributed by atoms with Gasteiger partial charge in [0.2, 0.25) is 17.6 Å². The summed E-state index contributed by atoms with van der Waals surface area (Å²) in [5.41, 5.74) is 10.00. The molecule has 158 valence electrons. The first-order valence-electron chi connectivity index (χ1n) is 10.6. The molecule has 0 saturated heterocycles. The maximum atomic E-state index is 13.0. The number of benzene rings is 1. The van der Waals surface area contributed by atoms with E-state index in [1.807, 2.05) is 24.3 Å². The molecule has 0 bridgehead atoms. The Kier molecular flexibility index (Phi) is 6.50. The van der Waals surface area contributed by atoms with Crippen LogP contribution in [-0.4, -0.2) is 58.7 Å². The van der Waals surface area contributed by atoms with Crippen molar-refractivity contribution in [2.24, 2.45) is 0 Å². The van der Waals surface area contributed by atoms with E-state index in [1.165, 1.54) is 6.92 Å². The quantitative estimate of drug-likeness (QED) is 0.223. The third-order valence-corrected chi connectivity index (χ3v) is 4.38. The zero-order valence-corrected chi connectivity index (χ0v) is 16.2. The van der Waals surface area contributed by atoms with E-state index in [2.05, 4.69) is 25.1 Å². The first-order valence-corrected chi connectivity index (χ1v) is 9.05. The highest BCUT2D eigenvalue weighted by atomic mass is 16.5. The van der Waals surface area contributed by atoms with Gasteiger partial charge in [-0.05, 0) is 18.1 Å². The number of aromatic amines is 1. The van der Waals surface area contributed by atoms with E-state index in [0.29, 0.717) is 6.21 Å². The molecule has 2 atom stereocenters. The van der Waals surface area contributed by atoms with Gasteiger partial charge in [-0.1, -0.05) is 18.2 Å². The molecule has 0 fully saturated rings. The summed E-state index contributed by atoms with van der Waals surface area (Å²) in [5.74, 6) is -3.20. The minimum Gasteiger partial charge on any atom is -0.467 e. The average Bonchev–Trinajstić information content (AvgIpc) is 3.12. The van der Waals surface area contributed by atoms with Gasteiger partial charge in [0.1, 0.15) is 12.1 Å². The zero-order valence-electron chi connectivity index (χ0n) is 19.2. The number of hydrogen-bond donors (Lipinski definition) is 3. The van der Waals surface area contributed by atoms with Crippen molar-refractivity contribution < 1.29 is 32.8 Å². The number of H-pyrrole nitrogens is 1. The van der Waals surface area contributed by atoms with E-state index in [-0.39, 0.29) is 19.3 Å². The molecule has 10 heteroatoms. The lowest BCUT2D eigenvalue weighted by Crippen LogP contribution is -2.52. The highest BCUT2D eigenvalue weighted by Crippen LogP contribution is 2.19. The van der Waals surface area contributed by atoms with Gasteiger partial charge in [0.15, 0.2) is 0 Å². The number of amides is 2. The number of hydrogen-bond acceptors (Lipinski definition) is 5. The van der Waals surface area contributed by atoms with Gasteiger partial charge in [0.25, 0.3) is 0 Å². The summed E-state index contributed by atoms with van der Waals surface area (Å²) < 4.78 is 25.7. The van der Waals surface area contributed by atoms with Crippen molar-refractivity contribution in [1.29, 1.82) is 0 Å². The first-order chi connectivity index (χ1) is 15.5. The number of ketones is 1. The van der Waals surface area contributed by atoms with Gasteiger partial charge >= 0.3 is 12.2 Å². The number of Topliss-reactive ketones (excluding diaryl/α,β-unsaturated/α-hetero) is 1. The Balaban J connectivity index is 2.22. The number of aromatic nitrogens is 1. The Labute approximate surface area is 176 Å². The Morgan fingerprint density at radius 2 is 2.03 bits per heavy atom. The summed E-state index contributed by atoms with van der Waals surface area (Å²) in [7, 11) is -3.06. The number of carbonyl (C=O) groups excluding carboxylic acids is 4. The standard InChI is InChI=1S/C20H23N5O5/c1-12(26)24-18(9-13-10-22-16-6-4-3-5-15(13)16)19(28)25-17(20(29)30-2)8-7-14(27)11-23-21/h3-6,10-11,17-18,22H,7-9H2,1-2H3,(H,24,26)(H,25,28)/t17-,18-/m0/s1/i2D3. The summed E-state index contributed by atoms with van der Waals surface area (Å²) >= 11 is 0. The van der Waals surface area contributed by atoms with Gasteiger partial charge in [-0.2, -0.15) is 4.79 Å². The second-order valence-corrected chi connectivity index (χ2v) is 6.55. The van der Waals surface area contributed by atoms with Crippen LogP contribution in [0.3, 0.4) is 0 Å². The lowest BCUT2D eigenvalue weighted by atomic mass is 10.0. The van der Waals surface area contributed by atoms with Crippen LogP contribution in [0.25, 0.3) is 16.4 Å². The van der Waals surface area contributed by atoms with Crippen molar-refractivity contribution in [2.75, 3.05) is 7.04 Å². The third-order valence-electron chi connectivity index (χ3n) is 4.38. The number of para-hydroxylation sites is 1. The van der Waals surface area contributed by atoms with E-state index < -0.39 is 42.7 Å². The molecule has 30 heavy (non-hydrogen) atoms. The van der Waals surface area contributed by atoms with Crippen LogP contribution in [0.1, 0.15) is 29.4 Å². The van der Waals surface area contributed by atoms with E-state index in [9.17, 15) is 19.2 Å². The number of rotatable bonds is 10. The highest BCUT2D eigenvalue weighted by molar-refractivity contribution is 6.25. The van der Waals surface area contributed by atoms with Crippen molar-refractivity contribution in [3.8, 4) is 0 Å². The topological polar surface area (TPSA) is 154 Å². The number of carbonyl (C=O) groups is 4. The van der Waals surface area contributed by atoms with Crippen molar-refractivity contribution in [3.63, 3.8) is 0 Å². The minimum absolute atomic E-state index is 0.0760. The van der Waals surface area contributed by atoms with Crippen LogP contribution in [0.5, 0.6) is 0 Å². The van der Waals surface area contributed by atoms with E-state index in [0.717, 1.165) is 16.5 Å². The smallest absolute Gasteiger partial charge is 0.328 e. The molecule has 1 heterocycles. The lowest BCUT2D eigenvalue weighted by molar-refractivity contribution is -0.145. The molecule has 0 aliphatic rings. The largest absolute Gasteiger partial charge is 0.467 e. The summed E-state index contributed by atoms with van der Waals surface area (Å²) in [6, 6.07) is 4.76. The van der Waals surface area contributed by atoms with Crippen LogP contribution in [0, 0.1) is 0 Å². The summed E-state index contributed by atoms with van der Waals surface area (Å²) in [4.78, 5) is 54.2. The number of ether oxygens (including phenoxy) is 1. The fourth-order valence-corrected chi connectivity index (χ4v) is 2.98. The van der Waals surface area contributed by atoms with Crippen molar-refractivity contribution in [3.05, 3.63) is 41.6 Å². The molecule has 0 aliphatic carbocycles. The van der Waals surface area contributed by atoms with Crippen LogP contribution in [0.4, 0.5) is 0 Å². The molecule has 10 nitrogen and oxygen atoms in total. The SMILES string of the molecule is [2H]C([2H])([2H])OC(=O)[C@H](CCC(=O)C=[N+]=[N-])NC(=O)[C@H](Cc1c[nH]c2ccccc12)NC(C)=O. The number of fused-ring (bicyclic) bond motifs is 1. The fraction of sp³-hybridized carbons (Fsp3) is 0.350. The highest BCUT2D eigenvalue weighted by Gasteiger charge is 2.28. The minimum atomic E-state index is -3.06. The van der Waals surface area contributed by atoms with Gasteiger partial charge < -0.3 is 25.9 Å². The Morgan fingerprint density at radius 1 is 1.27 bits per heavy atom. The molecular weight excluding hydrogens is 390 g/mol. The monoisotopic (exact) mass is 416 g/mol. The van der Waals surface area contributed by atoms with Gasteiger partial charge in [-0.25, -0.2) is 4.79 Å². The Bertz CT molecular complexity index is 1090. The van der Waals surface area contributed by atoms with Gasteiger partial charge in [0, 0.05) is 36.9 Å². The second kappa shape index (κ2) is 10.7. The lowest BCUT2D eigenvalue weighted by Gasteiger charge is -2.21. The zero-order chi connectivity index (χ0) is 24.6.